The Morgan fingerprint density at radius 1 is 1.24 bits per heavy atom. The smallest absolute Gasteiger partial charge is 0.0593 e. The molecule has 0 spiro atoms. The Bertz CT molecular complexity index is 294. The van der Waals surface area contributed by atoms with Crippen molar-refractivity contribution in [3.63, 3.8) is 0 Å². The first-order valence-corrected chi connectivity index (χ1v) is 7.31. The SMILES string of the molecule is CCOCCN1CCN(Cc2cccs2)CC1. The summed E-state index contributed by atoms with van der Waals surface area (Å²) in [5.74, 6) is 0. The lowest BCUT2D eigenvalue weighted by Crippen LogP contribution is -2.46. The summed E-state index contributed by atoms with van der Waals surface area (Å²) in [5, 5.41) is 2.16. The van der Waals surface area contributed by atoms with Gasteiger partial charge in [-0.15, -0.1) is 11.3 Å². The maximum Gasteiger partial charge on any atom is 0.0593 e. The molecule has 0 radical (unpaired) electrons. The van der Waals surface area contributed by atoms with Crippen LogP contribution in [0.25, 0.3) is 0 Å². The Morgan fingerprint density at radius 3 is 2.65 bits per heavy atom. The van der Waals surface area contributed by atoms with Crippen LogP contribution in [0.4, 0.5) is 0 Å². The molecule has 0 atom stereocenters. The van der Waals surface area contributed by atoms with Crippen molar-refractivity contribution in [1.29, 1.82) is 0 Å². The van der Waals surface area contributed by atoms with Crippen molar-refractivity contribution in [2.75, 3.05) is 45.9 Å². The second-order valence-corrected chi connectivity index (χ2v) is 5.43. The van der Waals surface area contributed by atoms with Crippen molar-refractivity contribution in [2.45, 2.75) is 13.5 Å². The third-order valence-electron chi connectivity index (χ3n) is 3.18. The highest BCUT2D eigenvalue weighted by Gasteiger charge is 2.16. The highest BCUT2D eigenvalue weighted by atomic mass is 32.1. The minimum Gasteiger partial charge on any atom is -0.380 e. The second kappa shape index (κ2) is 7.11. The molecule has 2 heterocycles. The van der Waals surface area contributed by atoms with E-state index in [4.69, 9.17) is 4.74 Å². The van der Waals surface area contributed by atoms with Gasteiger partial charge in [0.2, 0.25) is 0 Å². The Kier molecular flexibility index (Phi) is 5.45. The van der Waals surface area contributed by atoms with Crippen LogP contribution >= 0.6 is 11.3 Å². The molecule has 0 aromatic carbocycles. The molecule has 0 aliphatic carbocycles. The van der Waals surface area contributed by atoms with E-state index in [0.29, 0.717) is 0 Å². The van der Waals surface area contributed by atoms with E-state index >= 15 is 0 Å². The van der Waals surface area contributed by atoms with E-state index in [2.05, 4.69) is 34.2 Å². The van der Waals surface area contributed by atoms with Gasteiger partial charge in [-0.25, -0.2) is 0 Å². The maximum atomic E-state index is 5.39. The monoisotopic (exact) mass is 254 g/mol. The van der Waals surface area contributed by atoms with Crippen molar-refractivity contribution in [2.24, 2.45) is 0 Å². The largest absolute Gasteiger partial charge is 0.380 e. The zero-order valence-electron chi connectivity index (χ0n) is 10.6. The van der Waals surface area contributed by atoms with Gasteiger partial charge in [-0.2, -0.15) is 0 Å². The van der Waals surface area contributed by atoms with Crippen molar-refractivity contribution < 1.29 is 4.74 Å². The summed E-state index contributed by atoms with van der Waals surface area (Å²) in [6.07, 6.45) is 0. The molecule has 2 rings (SSSR count). The first kappa shape index (κ1) is 13.0. The molecule has 4 heteroatoms. The lowest BCUT2D eigenvalue weighted by molar-refractivity contribution is 0.0789. The van der Waals surface area contributed by atoms with Crippen molar-refractivity contribution in [3.8, 4) is 0 Å². The molecule has 0 N–H and O–H groups in total. The van der Waals surface area contributed by atoms with Gasteiger partial charge in [0.05, 0.1) is 6.61 Å². The molecule has 0 saturated carbocycles. The van der Waals surface area contributed by atoms with Crippen molar-refractivity contribution >= 4 is 11.3 Å². The van der Waals surface area contributed by atoms with Crippen LogP contribution in [0.3, 0.4) is 0 Å². The molecule has 1 saturated heterocycles. The maximum absolute atomic E-state index is 5.39. The van der Waals surface area contributed by atoms with Crippen LogP contribution in [-0.4, -0.2) is 55.7 Å². The topological polar surface area (TPSA) is 15.7 Å². The molecule has 0 unspecified atom stereocenters. The summed E-state index contributed by atoms with van der Waals surface area (Å²) in [6.45, 7) is 10.7. The number of rotatable bonds is 6. The fourth-order valence-corrected chi connectivity index (χ4v) is 2.88. The predicted octanol–water partition coefficient (Wildman–Crippen LogP) is 1.90. The molecule has 0 bridgehead atoms. The van der Waals surface area contributed by atoms with Gasteiger partial charge in [0.25, 0.3) is 0 Å². The predicted molar refractivity (Wildman–Crippen MR) is 72.5 cm³/mol. The zero-order chi connectivity index (χ0) is 11.9. The molecule has 1 aromatic rings. The molecular weight excluding hydrogens is 232 g/mol. The quantitative estimate of drug-likeness (QED) is 0.721. The normalized spacial score (nSPS) is 18.6. The fourth-order valence-electron chi connectivity index (χ4n) is 2.13. The summed E-state index contributed by atoms with van der Waals surface area (Å²) in [5.41, 5.74) is 0. The van der Waals surface area contributed by atoms with Crippen LogP contribution in [0.15, 0.2) is 17.5 Å². The van der Waals surface area contributed by atoms with Gasteiger partial charge in [-0.1, -0.05) is 6.07 Å². The molecule has 0 amide bonds. The Hall–Kier alpha value is -0.420. The number of thiophene rings is 1. The Labute approximate surface area is 108 Å². The van der Waals surface area contributed by atoms with Gasteiger partial charge in [0, 0.05) is 50.8 Å². The van der Waals surface area contributed by atoms with E-state index in [1.165, 1.54) is 31.1 Å². The lowest BCUT2D eigenvalue weighted by Gasteiger charge is -2.34. The molecule has 1 fully saturated rings. The molecule has 96 valence electrons. The van der Waals surface area contributed by atoms with E-state index in [1.54, 1.807) is 0 Å². The summed E-state index contributed by atoms with van der Waals surface area (Å²) < 4.78 is 5.39. The van der Waals surface area contributed by atoms with Crippen LogP contribution in [0.2, 0.25) is 0 Å². The number of piperazine rings is 1. The number of nitrogens with zero attached hydrogens (tertiary/aromatic N) is 2. The highest BCUT2D eigenvalue weighted by Crippen LogP contribution is 2.13. The van der Waals surface area contributed by atoms with Crippen LogP contribution in [0.1, 0.15) is 11.8 Å². The van der Waals surface area contributed by atoms with Crippen LogP contribution in [-0.2, 0) is 11.3 Å². The molecule has 3 nitrogen and oxygen atoms in total. The van der Waals surface area contributed by atoms with Gasteiger partial charge >= 0.3 is 0 Å². The molecule has 1 aliphatic heterocycles. The first-order chi connectivity index (χ1) is 8.38. The van der Waals surface area contributed by atoms with Gasteiger partial charge in [-0.05, 0) is 18.4 Å². The zero-order valence-corrected chi connectivity index (χ0v) is 11.4. The summed E-state index contributed by atoms with van der Waals surface area (Å²) in [7, 11) is 0. The van der Waals surface area contributed by atoms with E-state index < -0.39 is 0 Å². The summed E-state index contributed by atoms with van der Waals surface area (Å²) in [6, 6.07) is 4.37. The van der Waals surface area contributed by atoms with Gasteiger partial charge in [-0.3, -0.25) is 9.80 Å². The first-order valence-electron chi connectivity index (χ1n) is 6.43. The van der Waals surface area contributed by atoms with Gasteiger partial charge in [0.15, 0.2) is 0 Å². The number of hydrogen-bond donors (Lipinski definition) is 0. The average molecular weight is 254 g/mol. The molecule has 17 heavy (non-hydrogen) atoms. The van der Waals surface area contributed by atoms with Crippen LogP contribution in [0.5, 0.6) is 0 Å². The third-order valence-corrected chi connectivity index (χ3v) is 4.04. The highest BCUT2D eigenvalue weighted by molar-refractivity contribution is 7.09. The van der Waals surface area contributed by atoms with Crippen molar-refractivity contribution in [1.82, 2.24) is 9.80 Å². The third kappa shape index (κ3) is 4.39. The molecule has 1 aromatic heterocycles. The van der Waals surface area contributed by atoms with Crippen molar-refractivity contribution in [3.05, 3.63) is 22.4 Å². The summed E-state index contributed by atoms with van der Waals surface area (Å²) >= 11 is 1.86. The Balaban J connectivity index is 1.64. The average Bonchev–Trinajstić information content (AvgIpc) is 2.85. The number of ether oxygens (including phenoxy) is 1. The fraction of sp³-hybridized carbons (Fsp3) is 0.692. The molecular formula is C13H22N2OS. The second-order valence-electron chi connectivity index (χ2n) is 4.39. The minimum absolute atomic E-state index is 0.832. The minimum atomic E-state index is 0.832. The van der Waals surface area contributed by atoms with E-state index in [1.807, 2.05) is 11.3 Å². The Morgan fingerprint density at radius 2 is 2.00 bits per heavy atom. The van der Waals surface area contributed by atoms with Crippen LogP contribution < -0.4 is 0 Å². The summed E-state index contributed by atoms with van der Waals surface area (Å²) in [4.78, 5) is 6.52. The number of hydrogen-bond acceptors (Lipinski definition) is 4. The van der Waals surface area contributed by atoms with E-state index in [0.717, 1.165) is 26.3 Å². The lowest BCUT2D eigenvalue weighted by atomic mass is 10.3. The van der Waals surface area contributed by atoms with Gasteiger partial charge in [0.1, 0.15) is 0 Å². The molecule has 1 aliphatic rings. The standard InChI is InChI=1S/C13H22N2OS/c1-2-16-10-9-14-5-7-15(8-6-14)12-13-4-3-11-17-13/h3-4,11H,2,5-10,12H2,1H3. The van der Waals surface area contributed by atoms with E-state index in [9.17, 15) is 0 Å². The van der Waals surface area contributed by atoms with E-state index in [-0.39, 0.29) is 0 Å². The van der Waals surface area contributed by atoms with Crippen LogP contribution in [0, 0.1) is 0 Å². The van der Waals surface area contributed by atoms with Gasteiger partial charge < -0.3 is 4.74 Å².